The lowest BCUT2D eigenvalue weighted by molar-refractivity contribution is 0.0697. The van der Waals surface area contributed by atoms with Gasteiger partial charge in [0, 0.05) is 11.3 Å². The maximum Gasteiger partial charge on any atom is 0.335 e. The molecule has 1 aromatic heterocycles. The van der Waals surface area contributed by atoms with Crippen molar-refractivity contribution in [1.29, 1.82) is 0 Å². The van der Waals surface area contributed by atoms with E-state index < -0.39 is 5.97 Å². The number of aromatic carboxylic acids is 1. The van der Waals surface area contributed by atoms with Gasteiger partial charge in [-0.2, -0.15) is 0 Å². The Bertz CT molecular complexity index is 891. The fourth-order valence-electron chi connectivity index (χ4n) is 2.31. The summed E-state index contributed by atoms with van der Waals surface area (Å²) in [5, 5.41) is 19.1. The maximum atomic E-state index is 11.1. The second-order valence-corrected chi connectivity index (χ2v) is 5.12. The van der Waals surface area contributed by atoms with Gasteiger partial charge in [0.15, 0.2) is 5.82 Å². The van der Waals surface area contributed by atoms with Crippen molar-refractivity contribution in [1.82, 2.24) is 9.97 Å². The van der Waals surface area contributed by atoms with Crippen LogP contribution in [0.4, 0.5) is 0 Å². The summed E-state index contributed by atoms with van der Waals surface area (Å²) in [6.45, 7) is 1.83. The van der Waals surface area contributed by atoms with Crippen LogP contribution >= 0.6 is 0 Å². The van der Waals surface area contributed by atoms with Crippen LogP contribution in [0.15, 0.2) is 54.6 Å². The van der Waals surface area contributed by atoms with Crippen LogP contribution in [0.3, 0.4) is 0 Å². The summed E-state index contributed by atoms with van der Waals surface area (Å²) in [5.41, 5.74) is 2.76. The van der Waals surface area contributed by atoms with Crippen LogP contribution in [0.5, 0.6) is 5.75 Å². The van der Waals surface area contributed by atoms with Crippen LogP contribution < -0.4 is 0 Å². The van der Waals surface area contributed by atoms with Crippen molar-refractivity contribution in [2.75, 3.05) is 0 Å². The molecule has 0 amide bonds. The molecule has 5 nitrogen and oxygen atoms in total. The van der Waals surface area contributed by atoms with Crippen molar-refractivity contribution in [3.8, 4) is 28.4 Å². The Kier molecular flexibility index (Phi) is 3.76. The third kappa shape index (κ3) is 3.03. The summed E-state index contributed by atoms with van der Waals surface area (Å²) in [5.74, 6) is -0.485. The zero-order valence-electron chi connectivity index (χ0n) is 12.4. The Morgan fingerprint density at radius 2 is 1.78 bits per heavy atom. The van der Waals surface area contributed by atoms with E-state index in [0.717, 1.165) is 5.69 Å². The second-order valence-electron chi connectivity index (χ2n) is 5.12. The quantitative estimate of drug-likeness (QED) is 0.773. The molecular weight excluding hydrogens is 292 g/mol. The number of phenols is 1. The van der Waals surface area contributed by atoms with E-state index >= 15 is 0 Å². The van der Waals surface area contributed by atoms with E-state index in [1.807, 2.05) is 6.92 Å². The summed E-state index contributed by atoms with van der Waals surface area (Å²) in [6.07, 6.45) is 0. The molecule has 5 heteroatoms. The third-order valence-electron chi connectivity index (χ3n) is 3.40. The molecular formula is C18H14N2O3. The number of hydrogen-bond acceptors (Lipinski definition) is 4. The van der Waals surface area contributed by atoms with Gasteiger partial charge in [0.2, 0.25) is 0 Å². The molecule has 0 unspecified atom stereocenters. The molecule has 0 fully saturated rings. The number of aromatic hydroxyl groups is 1. The van der Waals surface area contributed by atoms with Gasteiger partial charge < -0.3 is 10.2 Å². The van der Waals surface area contributed by atoms with Crippen LogP contribution in [0.1, 0.15) is 16.1 Å². The van der Waals surface area contributed by atoms with Crippen LogP contribution in [-0.4, -0.2) is 26.2 Å². The predicted octanol–water partition coefficient (Wildman–Crippen LogP) is 3.52. The second kappa shape index (κ2) is 5.88. The molecule has 0 bridgehead atoms. The van der Waals surface area contributed by atoms with Crippen molar-refractivity contribution in [3.05, 3.63) is 65.9 Å². The monoisotopic (exact) mass is 306 g/mol. The highest BCUT2D eigenvalue weighted by molar-refractivity contribution is 5.89. The number of nitrogens with zero attached hydrogens (tertiary/aromatic N) is 2. The highest BCUT2D eigenvalue weighted by Gasteiger charge is 2.11. The highest BCUT2D eigenvalue weighted by atomic mass is 16.4. The number of carbonyl (C=O) groups is 1. The summed E-state index contributed by atoms with van der Waals surface area (Å²) in [4.78, 5) is 20.0. The summed E-state index contributed by atoms with van der Waals surface area (Å²) >= 11 is 0. The van der Waals surface area contributed by atoms with Crippen molar-refractivity contribution >= 4 is 5.97 Å². The molecule has 0 saturated heterocycles. The fraction of sp³-hybridized carbons (Fsp3) is 0.0556. The van der Waals surface area contributed by atoms with Gasteiger partial charge in [0.05, 0.1) is 16.8 Å². The molecule has 23 heavy (non-hydrogen) atoms. The van der Waals surface area contributed by atoms with E-state index in [1.165, 1.54) is 6.07 Å². The fourth-order valence-corrected chi connectivity index (χ4v) is 2.31. The standard InChI is InChI=1S/C18H14N2O3/c1-11-9-15(12-5-4-6-13(10-12)18(22)23)20-17(19-11)14-7-2-3-8-16(14)21/h2-10,21H,1H3,(H,22,23). The predicted molar refractivity (Wildman–Crippen MR) is 86.3 cm³/mol. The van der Waals surface area contributed by atoms with Crippen molar-refractivity contribution in [2.45, 2.75) is 6.92 Å². The average Bonchev–Trinajstić information content (AvgIpc) is 2.55. The minimum atomic E-state index is -0.987. The van der Waals surface area contributed by atoms with E-state index in [0.29, 0.717) is 22.6 Å². The topological polar surface area (TPSA) is 83.3 Å². The van der Waals surface area contributed by atoms with E-state index in [2.05, 4.69) is 9.97 Å². The van der Waals surface area contributed by atoms with E-state index in [1.54, 1.807) is 48.5 Å². The molecule has 114 valence electrons. The lowest BCUT2D eigenvalue weighted by Gasteiger charge is -2.08. The Morgan fingerprint density at radius 3 is 2.52 bits per heavy atom. The van der Waals surface area contributed by atoms with Gasteiger partial charge in [0.25, 0.3) is 0 Å². The smallest absolute Gasteiger partial charge is 0.335 e. The largest absolute Gasteiger partial charge is 0.507 e. The number of aromatic nitrogens is 2. The van der Waals surface area contributed by atoms with E-state index in [4.69, 9.17) is 5.11 Å². The number of aryl methyl sites for hydroxylation is 1. The van der Waals surface area contributed by atoms with Gasteiger partial charge in [-0.15, -0.1) is 0 Å². The van der Waals surface area contributed by atoms with E-state index in [9.17, 15) is 9.90 Å². The molecule has 0 spiro atoms. The van der Waals surface area contributed by atoms with Crippen molar-refractivity contribution < 1.29 is 15.0 Å². The van der Waals surface area contributed by atoms with Crippen LogP contribution in [0.2, 0.25) is 0 Å². The number of carboxylic acids is 1. The van der Waals surface area contributed by atoms with Crippen molar-refractivity contribution in [3.63, 3.8) is 0 Å². The van der Waals surface area contributed by atoms with Gasteiger partial charge in [-0.25, -0.2) is 14.8 Å². The summed E-state index contributed by atoms with van der Waals surface area (Å²) in [7, 11) is 0. The van der Waals surface area contributed by atoms with Gasteiger partial charge >= 0.3 is 5.97 Å². The lowest BCUT2D eigenvalue weighted by atomic mass is 10.1. The van der Waals surface area contributed by atoms with Gasteiger partial charge in [-0.05, 0) is 37.3 Å². The lowest BCUT2D eigenvalue weighted by Crippen LogP contribution is -1.98. The minimum absolute atomic E-state index is 0.100. The maximum absolute atomic E-state index is 11.1. The molecule has 2 aromatic carbocycles. The Hall–Kier alpha value is -3.21. The Labute approximate surface area is 132 Å². The molecule has 0 radical (unpaired) electrons. The first-order valence-electron chi connectivity index (χ1n) is 7.02. The molecule has 3 aromatic rings. The van der Waals surface area contributed by atoms with Crippen LogP contribution in [-0.2, 0) is 0 Å². The Morgan fingerprint density at radius 1 is 1.00 bits per heavy atom. The normalized spacial score (nSPS) is 10.5. The van der Waals surface area contributed by atoms with Crippen molar-refractivity contribution in [2.24, 2.45) is 0 Å². The molecule has 0 saturated carbocycles. The summed E-state index contributed by atoms with van der Waals surface area (Å²) in [6, 6.07) is 15.2. The molecule has 0 aliphatic carbocycles. The van der Waals surface area contributed by atoms with E-state index in [-0.39, 0.29) is 11.3 Å². The minimum Gasteiger partial charge on any atom is -0.507 e. The number of phenolic OH excluding ortho intramolecular Hbond substituents is 1. The molecule has 0 atom stereocenters. The number of benzene rings is 2. The molecule has 2 N–H and O–H groups in total. The van der Waals surface area contributed by atoms with Crippen LogP contribution in [0, 0.1) is 6.92 Å². The average molecular weight is 306 g/mol. The van der Waals surface area contributed by atoms with Gasteiger partial charge in [-0.1, -0.05) is 24.3 Å². The first kappa shape index (κ1) is 14.7. The molecule has 1 heterocycles. The number of hydrogen-bond donors (Lipinski definition) is 2. The summed E-state index contributed by atoms with van der Waals surface area (Å²) < 4.78 is 0. The zero-order chi connectivity index (χ0) is 16.4. The first-order valence-corrected chi connectivity index (χ1v) is 7.02. The SMILES string of the molecule is Cc1cc(-c2cccc(C(=O)O)c2)nc(-c2ccccc2O)n1. The number of carboxylic acid groups (broad SMARTS) is 1. The zero-order valence-corrected chi connectivity index (χ0v) is 12.4. The number of para-hydroxylation sites is 1. The van der Waals surface area contributed by atoms with Crippen LogP contribution in [0.25, 0.3) is 22.6 Å². The molecule has 3 rings (SSSR count). The highest BCUT2D eigenvalue weighted by Crippen LogP contribution is 2.28. The Balaban J connectivity index is 2.13. The molecule has 0 aliphatic rings. The molecule has 0 aliphatic heterocycles. The van der Waals surface area contributed by atoms with Gasteiger partial charge in [-0.3, -0.25) is 0 Å². The van der Waals surface area contributed by atoms with Gasteiger partial charge in [0.1, 0.15) is 5.75 Å². The number of rotatable bonds is 3. The third-order valence-corrected chi connectivity index (χ3v) is 3.40. The first-order chi connectivity index (χ1) is 11.0.